The lowest BCUT2D eigenvalue weighted by molar-refractivity contribution is -0.117. The van der Waals surface area contributed by atoms with Crippen LogP contribution in [0.2, 0.25) is 5.02 Å². The highest BCUT2D eigenvalue weighted by molar-refractivity contribution is 6.34. The molecule has 0 aliphatic carbocycles. The molecule has 2 heterocycles. The van der Waals surface area contributed by atoms with Crippen LogP contribution in [0.3, 0.4) is 0 Å². The minimum Gasteiger partial charge on any atom is -0.339 e. The van der Waals surface area contributed by atoms with Crippen molar-refractivity contribution in [3.8, 4) is 11.4 Å². The van der Waals surface area contributed by atoms with Crippen LogP contribution in [-0.4, -0.2) is 28.5 Å². The van der Waals surface area contributed by atoms with Gasteiger partial charge in [0.25, 0.3) is 0 Å². The Bertz CT molecular complexity index is 1090. The zero-order valence-electron chi connectivity index (χ0n) is 17.2. The zero-order chi connectivity index (χ0) is 21.8. The quantitative estimate of drug-likeness (QED) is 0.580. The first kappa shape index (κ1) is 21.1. The van der Waals surface area contributed by atoms with Gasteiger partial charge < -0.3 is 14.7 Å². The highest BCUT2D eigenvalue weighted by atomic mass is 35.5. The van der Waals surface area contributed by atoms with Crippen LogP contribution in [0, 0.1) is 0 Å². The third kappa shape index (κ3) is 4.94. The maximum atomic E-state index is 12.3. The standard InChI is InChI=1S/C23H23ClN4O3/c1-2-15-5-7-16(8-6-15)23-26-21(31-27-23)12-11-20(29)25-17-9-10-19(18(24)14-17)28-13-3-4-22(28)30/h5-10,14H,2-4,11-13H2,1H3,(H,25,29). The minimum absolute atomic E-state index is 0.0684. The fourth-order valence-corrected chi connectivity index (χ4v) is 3.80. The number of rotatable bonds is 7. The molecule has 8 heteroatoms. The van der Waals surface area contributed by atoms with E-state index in [1.165, 1.54) is 5.56 Å². The number of aromatic nitrogens is 2. The van der Waals surface area contributed by atoms with Gasteiger partial charge in [-0.15, -0.1) is 0 Å². The summed E-state index contributed by atoms with van der Waals surface area (Å²) in [5.74, 6) is 0.801. The Morgan fingerprint density at radius 2 is 2.03 bits per heavy atom. The summed E-state index contributed by atoms with van der Waals surface area (Å²) in [5.41, 5.74) is 3.37. The molecule has 0 spiro atoms. The summed E-state index contributed by atoms with van der Waals surface area (Å²) < 4.78 is 5.28. The topological polar surface area (TPSA) is 88.3 Å². The van der Waals surface area contributed by atoms with Gasteiger partial charge in [0.2, 0.25) is 23.5 Å². The van der Waals surface area contributed by atoms with Crippen molar-refractivity contribution in [3.63, 3.8) is 0 Å². The number of hydrogen-bond donors (Lipinski definition) is 1. The van der Waals surface area contributed by atoms with Crippen molar-refractivity contribution in [3.05, 3.63) is 58.9 Å². The largest absolute Gasteiger partial charge is 0.339 e. The number of aryl methyl sites for hydroxylation is 2. The predicted octanol–water partition coefficient (Wildman–Crippen LogP) is 4.65. The normalized spacial score (nSPS) is 13.6. The number of anilines is 2. The van der Waals surface area contributed by atoms with Gasteiger partial charge in [-0.3, -0.25) is 9.59 Å². The number of benzene rings is 2. The van der Waals surface area contributed by atoms with Crippen LogP contribution in [0.15, 0.2) is 47.0 Å². The van der Waals surface area contributed by atoms with Crippen molar-refractivity contribution >= 4 is 34.8 Å². The molecule has 0 atom stereocenters. The summed E-state index contributed by atoms with van der Waals surface area (Å²) in [6.45, 7) is 2.77. The number of nitrogens with one attached hydrogen (secondary N) is 1. The lowest BCUT2D eigenvalue weighted by Gasteiger charge is -2.18. The first-order valence-corrected chi connectivity index (χ1v) is 10.7. The van der Waals surface area contributed by atoms with E-state index in [9.17, 15) is 9.59 Å². The Kier molecular flexibility index (Phi) is 6.32. The summed E-state index contributed by atoms with van der Waals surface area (Å²) in [5, 5.41) is 7.25. The van der Waals surface area contributed by atoms with Gasteiger partial charge >= 0.3 is 0 Å². The van der Waals surface area contributed by atoms with Crippen LogP contribution in [0.25, 0.3) is 11.4 Å². The molecule has 1 aromatic heterocycles. The molecule has 1 saturated heterocycles. The zero-order valence-corrected chi connectivity index (χ0v) is 18.0. The van der Waals surface area contributed by atoms with Crippen molar-refractivity contribution in [1.29, 1.82) is 0 Å². The van der Waals surface area contributed by atoms with E-state index in [2.05, 4.69) is 22.4 Å². The first-order chi connectivity index (χ1) is 15.0. The van der Waals surface area contributed by atoms with Gasteiger partial charge in [-0.05, 0) is 36.6 Å². The Morgan fingerprint density at radius 3 is 2.71 bits per heavy atom. The lowest BCUT2D eigenvalue weighted by atomic mass is 10.1. The minimum atomic E-state index is -0.187. The first-order valence-electron chi connectivity index (χ1n) is 10.3. The summed E-state index contributed by atoms with van der Waals surface area (Å²) in [6.07, 6.45) is 2.86. The number of carbonyl (C=O) groups excluding carboxylic acids is 2. The van der Waals surface area contributed by atoms with Gasteiger partial charge in [0, 0.05) is 37.1 Å². The van der Waals surface area contributed by atoms with E-state index >= 15 is 0 Å². The summed E-state index contributed by atoms with van der Waals surface area (Å²) in [7, 11) is 0. The average molecular weight is 439 g/mol. The molecule has 0 unspecified atom stereocenters. The molecule has 0 radical (unpaired) electrons. The van der Waals surface area contributed by atoms with E-state index in [1.807, 2.05) is 24.3 Å². The second kappa shape index (κ2) is 9.31. The molecule has 1 fully saturated rings. The molecule has 0 bridgehead atoms. The van der Waals surface area contributed by atoms with E-state index in [0.717, 1.165) is 18.4 Å². The average Bonchev–Trinajstić information content (AvgIpc) is 3.42. The Morgan fingerprint density at radius 1 is 1.23 bits per heavy atom. The molecule has 7 nitrogen and oxygen atoms in total. The van der Waals surface area contributed by atoms with E-state index in [1.54, 1.807) is 23.1 Å². The van der Waals surface area contributed by atoms with Gasteiger partial charge in [0.05, 0.1) is 10.7 Å². The molecule has 160 valence electrons. The molecule has 2 aromatic carbocycles. The van der Waals surface area contributed by atoms with Gasteiger partial charge in [-0.1, -0.05) is 47.9 Å². The Labute approximate surface area is 185 Å². The number of amides is 2. The van der Waals surface area contributed by atoms with Gasteiger partial charge in [-0.2, -0.15) is 4.98 Å². The Balaban J connectivity index is 1.33. The van der Waals surface area contributed by atoms with Crippen LogP contribution < -0.4 is 10.2 Å². The molecule has 2 amide bonds. The molecule has 1 aliphatic rings. The van der Waals surface area contributed by atoms with Gasteiger partial charge in [-0.25, -0.2) is 0 Å². The van der Waals surface area contributed by atoms with Gasteiger partial charge in [0.15, 0.2) is 0 Å². The van der Waals surface area contributed by atoms with Crippen LogP contribution in [0.1, 0.15) is 37.6 Å². The van der Waals surface area contributed by atoms with Crippen molar-refractivity contribution in [1.82, 2.24) is 10.1 Å². The summed E-state index contributed by atoms with van der Waals surface area (Å²) in [4.78, 5) is 30.3. The van der Waals surface area contributed by atoms with Crippen molar-refractivity contribution in [2.24, 2.45) is 0 Å². The molecule has 1 N–H and O–H groups in total. The monoisotopic (exact) mass is 438 g/mol. The third-order valence-electron chi connectivity index (χ3n) is 5.25. The van der Waals surface area contributed by atoms with Crippen LogP contribution in [0.4, 0.5) is 11.4 Å². The van der Waals surface area contributed by atoms with E-state index in [0.29, 0.717) is 47.5 Å². The van der Waals surface area contributed by atoms with Crippen molar-refractivity contribution in [2.75, 3.05) is 16.8 Å². The fourth-order valence-electron chi connectivity index (χ4n) is 3.51. The summed E-state index contributed by atoms with van der Waals surface area (Å²) in [6, 6.07) is 13.2. The Hall–Kier alpha value is -3.19. The molecule has 3 aromatic rings. The van der Waals surface area contributed by atoms with Crippen LogP contribution in [-0.2, 0) is 22.4 Å². The SMILES string of the molecule is CCc1ccc(-c2noc(CCC(=O)Nc3ccc(N4CCCC4=O)c(Cl)c3)n2)cc1. The van der Waals surface area contributed by atoms with Crippen LogP contribution >= 0.6 is 11.6 Å². The van der Waals surface area contributed by atoms with Crippen molar-refractivity contribution < 1.29 is 14.1 Å². The second-order valence-electron chi connectivity index (χ2n) is 7.43. The number of carbonyl (C=O) groups is 2. The maximum absolute atomic E-state index is 12.3. The number of nitrogens with zero attached hydrogens (tertiary/aromatic N) is 3. The van der Waals surface area contributed by atoms with Crippen molar-refractivity contribution in [2.45, 2.75) is 39.0 Å². The van der Waals surface area contributed by atoms with Gasteiger partial charge in [0.1, 0.15) is 0 Å². The van der Waals surface area contributed by atoms with E-state index < -0.39 is 0 Å². The highest BCUT2D eigenvalue weighted by Gasteiger charge is 2.23. The van der Waals surface area contributed by atoms with Crippen LogP contribution in [0.5, 0.6) is 0 Å². The molecule has 31 heavy (non-hydrogen) atoms. The molecular weight excluding hydrogens is 416 g/mol. The molecular formula is C23H23ClN4O3. The van der Waals surface area contributed by atoms with E-state index in [4.69, 9.17) is 16.1 Å². The smallest absolute Gasteiger partial charge is 0.227 e. The molecule has 0 saturated carbocycles. The number of hydrogen-bond acceptors (Lipinski definition) is 5. The number of halogens is 1. The lowest BCUT2D eigenvalue weighted by Crippen LogP contribution is -2.24. The fraction of sp³-hybridized carbons (Fsp3) is 0.304. The predicted molar refractivity (Wildman–Crippen MR) is 119 cm³/mol. The molecule has 1 aliphatic heterocycles. The highest BCUT2D eigenvalue weighted by Crippen LogP contribution is 2.31. The molecule has 4 rings (SSSR count). The third-order valence-corrected chi connectivity index (χ3v) is 5.55. The van der Waals surface area contributed by atoms with E-state index in [-0.39, 0.29) is 18.2 Å². The maximum Gasteiger partial charge on any atom is 0.227 e. The summed E-state index contributed by atoms with van der Waals surface area (Å²) >= 11 is 6.33. The second-order valence-corrected chi connectivity index (χ2v) is 7.83.